The van der Waals surface area contributed by atoms with Crippen molar-refractivity contribution in [2.45, 2.75) is 17.7 Å². The van der Waals surface area contributed by atoms with Crippen LogP contribution in [-0.4, -0.2) is 36.3 Å². The molecule has 3 aromatic carbocycles. The van der Waals surface area contributed by atoms with Gasteiger partial charge in [0.05, 0.1) is 21.0 Å². The summed E-state index contributed by atoms with van der Waals surface area (Å²) >= 11 is 7.38. The molecule has 170 valence electrons. The molecule has 1 unspecified atom stereocenters. The van der Waals surface area contributed by atoms with Crippen LogP contribution < -0.4 is 4.80 Å². The van der Waals surface area contributed by atoms with E-state index in [1.807, 2.05) is 29.8 Å². The van der Waals surface area contributed by atoms with Crippen molar-refractivity contribution in [2.75, 3.05) is 13.1 Å². The Labute approximate surface area is 200 Å². The maximum Gasteiger partial charge on any atom is 0.252 e. The molecule has 9 heteroatoms. The molecule has 33 heavy (non-hydrogen) atoms. The number of halogens is 1. The third-order valence-electron chi connectivity index (χ3n) is 6.09. The van der Waals surface area contributed by atoms with E-state index in [2.05, 4.69) is 23.2 Å². The van der Waals surface area contributed by atoms with Gasteiger partial charge in [0.2, 0.25) is 10.0 Å². The number of carbonyl (C=O) groups is 1. The Bertz CT molecular complexity index is 1540. The molecule has 1 aliphatic rings. The molecular formula is C24H22ClN3O3S2. The molecule has 1 fully saturated rings. The number of benzene rings is 3. The lowest BCUT2D eigenvalue weighted by Gasteiger charge is -2.30. The van der Waals surface area contributed by atoms with Crippen LogP contribution in [0, 0.1) is 5.92 Å². The molecule has 1 saturated heterocycles. The van der Waals surface area contributed by atoms with Crippen LogP contribution in [0.1, 0.15) is 12.8 Å². The smallest absolute Gasteiger partial charge is 0.252 e. The van der Waals surface area contributed by atoms with Crippen LogP contribution in [0.3, 0.4) is 0 Å². The molecule has 0 aliphatic carbocycles. The van der Waals surface area contributed by atoms with Crippen LogP contribution >= 0.6 is 22.9 Å². The number of fused-ring (bicyclic) bond motifs is 3. The first-order valence-corrected chi connectivity index (χ1v) is 13.3. The fourth-order valence-corrected chi connectivity index (χ4v) is 7.08. The van der Waals surface area contributed by atoms with Gasteiger partial charge in [-0.2, -0.15) is 9.30 Å². The summed E-state index contributed by atoms with van der Waals surface area (Å²) in [5.74, 6) is -0.750. The Kier molecular flexibility index (Phi) is 5.86. The van der Waals surface area contributed by atoms with Gasteiger partial charge in [-0.25, -0.2) is 8.42 Å². The molecule has 1 atom stereocenters. The SMILES string of the molecule is Cn1c(=NC(=O)C2CCCN(S(=O)(=O)c3ccc(Cl)cc3)C2)sc2c3ccccc3ccc21. The van der Waals surface area contributed by atoms with Crippen LogP contribution in [0.15, 0.2) is 70.6 Å². The molecule has 5 rings (SSSR count). The molecular weight excluding hydrogens is 478 g/mol. The lowest BCUT2D eigenvalue weighted by molar-refractivity contribution is -0.122. The predicted molar refractivity (Wildman–Crippen MR) is 132 cm³/mol. The summed E-state index contributed by atoms with van der Waals surface area (Å²) in [5.41, 5.74) is 1.01. The summed E-state index contributed by atoms with van der Waals surface area (Å²) < 4.78 is 30.5. The Morgan fingerprint density at radius 3 is 2.64 bits per heavy atom. The number of hydrogen-bond donors (Lipinski definition) is 0. The number of hydrogen-bond acceptors (Lipinski definition) is 4. The molecule has 1 amide bonds. The zero-order valence-corrected chi connectivity index (χ0v) is 20.3. The highest BCUT2D eigenvalue weighted by atomic mass is 35.5. The number of piperidine rings is 1. The van der Waals surface area contributed by atoms with E-state index >= 15 is 0 Å². The van der Waals surface area contributed by atoms with Crippen molar-refractivity contribution in [1.82, 2.24) is 8.87 Å². The van der Waals surface area contributed by atoms with E-state index in [-0.39, 0.29) is 17.3 Å². The van der Waals surface area contributed by atoms with Gasteiger partial charge in [-0.15, -0.1) is 0 Å². The van der Waals surface area contributed by atoms with Gasteiger partial charge in [-0.05, 0) is 48.6 Å². The average Bonchev–Trinajstić information content (AvgIpc) is 3.15. The first kappa shape index (κ1) is 22.3. The average molecular weight is 500 g/mol. The molecule has 1 aromatic heterocycles. The minimum atomic E-state index is -3.69. The summed E-state index contributed by atoms with van der Waals surface area (Å²) in [5, 5.41) is 2.74. The van der Waals surface area contributed by atoms with E-state index in [0.717, 1.165) is 21.0 Å². The van der Waals surface area contributed by atoms with Gasteiger partial charge in [0, 0.05) is 30.5 Å². The number of rotatable bonds is 3. The minimum Gasteiger partial charge on any atom is -0.319 e. The van der Waals surface area contributed by atoms with E-state index in [1.165, 1.54) is 27.8 Å². The molecule has 0 bridgehead atoms. The van der Waals surface area contributed by atoms with Crippen molar-refractivity contribution in [2.24, 2.45) is 18.0 Å². The molecule has 0 N–H and O–H groups in total. The topological polar surface area (TPSA) is 71.7 Å². The third-order valence-corrected chi connectivity index (χ3v) is 9.40. The molecule has 0 saturated carbocycles. The lowest BCUT2D eigenvalue weighted by Crippen LogP contribution is -2.42. The van der Waals surface area contributed by atoms with E-state index in [1.54, 1.807) is 12.1 Å². The van der Waals surface area contributed by atoms with Crippen LogP contribution in [0.2, 0.25) is 5.02 Å². The Morgan fingerprint density at radius 2 is 1.85 bits per heavy atom. The number of carbonyl (C=O) groups excluding carboxylic acids is 1. The van der Waals surface area contributed by atoms with Gasteiger partial charge in [0.1, 0.15) is 0 Å². The van der Waals surface area contributed by atoms with Crippen molar-refractivity contribution in [3.63, 3.8) is 0 Å². The second-order valence-corrected chi connectivity index (χ2v) is 11.5. The largest absolute Gasteiger partial charge is 0.319 e. The highest BCUT2D eigenvalue weighted by molar-refractivity contribution is 7.89. The number of aryl methyl sites for hydroxylation is 1. The summed E-state index contributed by atoms with van der Waals surface area (Å²) in [6.45, 7) is 0.516. The fourth-order valence-electron chi connectivity index (χ4n) is 4.27. The van der Waals surface area contributed by atoms with Crippen LogP contribution in [0.25, 0.3) is 21.0 Å². The number of sulfonamides is 1. The van der Waals surface area contributed by atoms with Crippen molar-refractivity contribution >= 4 is 59.9 Å². The summed E-state index contributed by atoms with van der Waals surface area (Å²) in [6.07, 6.45) is 1.23. The maximum absolute atomic E-state index is 13.1. The summed E-state index contributed by atoms with van der Waals surface area (Å²) in [7, 11) is -1.79. The molecule has 0 spiro atoms. The van der Waals surface area contributed by atoms with Gasteiger partial charge in [-0.1, -0.05) is 53.3 Å². The van der Waals surface area contributed by atoms with E-state index in [0.29, 0.717) is 29.2 Å². The van der Waals surface area contributed by atoms with Crippen LogP contribution in [0.5, 0.6) is 0 Å². The molecule has 0 radical (unpaired) electrons. The van der Waals surface area contributed by atoms with E-state index in [9.17, 15) is 13.2 Å². The van der Waals surface area contributed by atoms with Gasteiger partial charge in [-0.3, -0.25) is 4.79 Å². The number of amides is 1. The van der Waals surface area contributed by atoms with E-state index < -0.39 is 15.9 Å². The fraction of sp³-hybridized carbons (Fsp3) is 0.250. The van der Waals surface area contributed by atoms with Crippen LogP contribution in [-0.2, 0) is 21.9 Å². The first-order chi connectivity index (χ1) is 15.8. The molecule has 4 aromatic rings. The maximum atomic E-state index is 13.1. The van der Waals surface area contributed by atoms with Crippen molar-refractivity contribution < 1.29 is 13.2 Å². The lowest BCUT2D eigenvalue weighted by atomic mass is 9.99. The normalized spacial score (nSPS) is 18.2. The Morgan fingerprint density at radius 1 is 1.09 bits per heavy atom. The van der Waals surface area contributed by atoms with Crippen molar-refractivity contribution in [3.8, 4) is 0 Å². The summed E-state index contributed by atoms with van der Waals surface area (Å²) in [4.78, 5) is 18.3. The number of aromatic nitrogens is 1. The monoisotopic (exact) mass is 499 g/mol. The second-order valence-electron chi connectivity index (χ2n) is 8.18. The van der Waals surface area contributed by atoms with Gasteiger partial charge in [0.25, 0.3) is 5.91 Å². The van der Waals surface area contributed by atoms with E-state index in [4.69, 9.17) is 11.6 Å². The van der Waals surface area contributed by atoms with Crippen molar-refractivity contribution in [3.05, 3.63) is 70.5 Å². The zero-order chi connectivity index (χ0) is 23.2. The van der Waals surface area contributed by atoms with Gasteiger partial charge >= 0.3 is 0 Å². The predicted octanol–water partition coefficient (Wildman–Crippen LogP) is 4.57. The standard InChI is InChI=1S/C24H22ClN3O3S2/c1-27-21-13-8-16-5-2-3-7-20(16)22(21)32-24(27)26-23(29)17-6-4-14-28(15-17)33(30,31)19-11-9-18(25)10-12-19/h2-3,5,7-13,17H,4,6,14-15H2,1H3. The Hall–Kier alpha value is -2.52. The summed E-state index contributed by atoms with van der Waals surface area (Å²) in [6, 6.07) is 18.3. The van der Waals surface area contributed by atoms with Crippen LogP contribution in [0.4, 0.5) is 0 Å². The second kappa shape index (κ2) is 8.68. The highest BCUT2D eigenvalue weighted by Crippen LogP contribution is 2.28. The van der Waals surface area contributed by atoms with Gasteiger partial charge in [0.15, 0.2) is 4.80 Å². The third kappa shape index (κ3) is 4.12. The number of nitrogens with zero attached hydrogens (tertiary/aromatic N) is 3. The number of thiazole rings is 1. The van der Waals surface area contributed by atoms with Gasteiger partial charge < -0.3 is 4.57 Å². The molecule has 1 aliphatic heterocycles. The Balaban J connectivity index is 1.45. The van der Waals surface area contributed by atoms with Crippen molar-refractivity contribution in [1.29, 1.82) is 0 Å². The highest BCUT2D eigenvalue weighted by Gasteiger charge is 2.33. The molecule has 2 heterocycles. The minimum absolute atomic E-state index is 0.130. The quantitative estimate of drug-likeness (QED) is 0.414. The molecule has 6 nitrogen and oxygen atoms in total. The first-order valence-electron chi connectivity index (χ1n) is 10.7. The zero-order valence-electron chi connectivity index (χ0n) is 17.9.